The molecule has 0 bridgehead atoms. The van der Waals surface area contributed by atoms with Gasteiger partial charge in [0, 0.05) is 0 Å². The lowest BCUT2D eigenvalue weighted by molar-refractivity contribution is 0.367. The van der Waals surface area contributed by atoms with Crippen LogP contribution in [0.25, 0.3) is 0 Å². The molecule has 0 saturated heterocycles. The number of ether oxygens (including phenoxy) is 1. The quantitative estimate of drug-likeness (QED) is 0.708. The number of hydrogen-bond acceptors (Lipinski definition) is 4. The molecular formula is C19H24O4. The Morgan fingerprint density at radius 3 is 1.83 bits per heavy atom. The second kappa shape index (κ2) is 7.27. The number of hydrogen-bond donors (Lipinski definition) is 3. The topological polar surface area (TPSA) is 69.9 Å². The number of rotatable bonds is 6. The molecule has 2 atom stereocenters. The predicted octanol–water partition coefficient (Wildman–Crippen LogP) is 3.87. The molecule has 0 aliphatic carbocycles. The third kappa shape index (κ3) is 4.31. The zero-order valence-electron chi connectivity index (χ0n) is 13.8. The van der Waals surface area contributed by atoms with Gasteiger partial charge in [0.1, 0.15) is 0 Å². The average molecular weight is 316 g/mol. The van der Waals surface area contributed by atoms with Crippen molar-refractivity contribution in [3.63, 3.8) is 0 Å². The molecule has 0 amide bonds. The van der Waals surface area contributed by atoms with Gasteiger partial charge in [0.05, 0.1) is 7.11 Å². The van der Waals surface area contributed by atoms with E-state index in [0.29, 0.717) is 17.6 Å². The fourth-order valence-corrected chi connectivity index (χ4v) is 2.69. The summed E-state index contributed by atoms with van der Waals surface area (Å²) in [7, 11) is 1.54. The van der Waals surface area contributed by atoms with Crippen molar-refractivity contribution in [2.75, 3.05) is 7.11 Å². The number of phenols is 3. The molecule has 4 nitrogen and oxygen atoms in total. The first-order valence-electron chi connectivity index (χ1n) is 7.77. The van der Waals surface area contributed by atoms with Crippen LogP contribution in [0.15, 0.2) is 36.4 Å². The first-order valence-corrected chi connectivity index (χ1v) is 7.77. The molecule has 2 rings (SSSR count). The van der Waals surface area contributed by atoms with E-state index in [-0.39, 0.29) is 17.2 Å². The lowest BCUT2D eigenvalue weighted by atomic mass is 9.85. The van der Waals surface area contributed by atoms with E-state index in [1.807, 2.05) is 18.2 Å². The molecule has 0 unspecified atom stereocenters. The Labute approximate surface area is 137 Å². The number of methoxy groups -OCH3 is 1. The van der Waals surface area contributed by atoms with E-state index in [1.165, 1.54) is 6.07 Å². The predicted molar refractivity (Wildman–Crippen MR) is 90.2 cm³/mol. The van der Waals surface area contributed by atoms with Gasteiger partial charge in [0.15, 0.2) is 23.0 Å². The molecule has 23 heavy (non-hydrogen) atoms. The summed E-state index contributed by atoms with van der Waals surface area (Å²) >= 11 is 0. The fourth-order valence-electron chi connectivity index (χ4n) is 2.69. The van der Waals surface area contributed by atoms with E-state index in [4.69, 9.17) is 4.74 Å². The number of aromatic hydroxyl groups is 3. The van der Waals surface area contributed by atoms with Crippen LogP contribution in [-0.2, 0) is 12.8 Å². The summed E-state index contributed by atoms with van der Waals surface area (Å²) in [5.41, 5.74) is 2.12. The highest BCUT2D eigenvalue weighted by Crippen LogP contribution is 2.30. The summed E-state index contributed by atoms with van der Waals surface area (Å²) in [6.07, 6.45) is 1.70. The molecule has 3 N–H and O–H groups in total. The van der Waals surface area contributed by atoms with Gasteiger partial charge in [-0.3, -0.25) is 0 Å². The van der Waals surface area contributed by atoms with Crippen LogP contribution in [0.4, 0.5) is 0 Å². The van der Waals surface area contributed by atoms with Gasteiger partial charge in [0.25, 0.3) is 0 Å². The zero-order valence-corrected chi connectivity index (χ0v) is 13.8. The van der Waals surface area contributed by atoms with E-state index < -0.39 is 0 Å². The van der Waals surface area contributed by atoms with E-state index in [1.54, 1.807) is 19.2 Å². The van der Waals surface area contributed by atoms with Gasteiger partial charge in [-0.15, -0.1) is 0 Å². The van der Waals surface area contributed by atoms with Crippen LogP contribution in [0.5, 0.6) is 23.0 Å². The lowest BCUT2D eigenvalue weighted by Gasteiger charge is -2.20. The number of benzene rings is 2. The Balaban J connectivity index is 2.01. The summed E-state index contributed by atoms with van der Waals surface area (Å²) in [5.74, 6) is 1.29. The highest BCUT2D eigenvalue weighted by atomic mass is 16.5. The Hall–Kier alpha value is -2.36. The van der Waals surface area contributed by atoms with Gasteiger partial charge < -0.3 is 20.1 Å². The van der Waals surface area contributed by atoms with Gasteiger partial charge >= 0.3 is 0 Å². The first-order chi connectivity index (χ1) is 10.9. The summed E-state index contributed by atoms with van der Waals surface area (Å²) in [6.45, 7) is 4.36. The van der Waals surface area contributed by atoms with Crippen LogP contribution in [0, 0.1) is 11.8 Å². The van der Waals surface area contributed by atoms with Crippen molar-refractivity contribution >= 4 is 0 Å². The van der Waals surface area contributed by atoms with Crippen LogP contribution in [0.3, 0.4) is 0 Å². The normalized spacial score (nSPS) is 13.5. The summed E-state index contributed by atoms with van der Waals surface area (Å²) in [6, 6.07) is 10.4. The molecular weight excluding hydrogens is 292 g/mol. The minimum absolute atomic E-state index is 0.0781. The maximum Gasteiger partial charge on any atom is 0.160 e. The maximum atomic E-state index is 9.65. The van der Waals surface area contributed by atoms with Gasteiger partial charge in [-0.05, 0) is 60.1 Å². The van der Waals surface area contributed by atoms with Gasteiger partial charge in [0.2, 0.25) is 0 Å². The van der Waals surface area contributed by atoms with E-state index in [2.05, 4.69) is 13.8 Å². The van der Waals surface area contributed by atoms with E-state index in [9.17, 15) is 15.3 Å². The standard InChI is InChI=1S/C19H24O4/c1-12(8-14-4-6-16(20)18(22)10-14)13(2)9-15-5-7-17(21)19(11-15)23-3/h4-7,10-13,20-22H,8-9H2,1-3H3/t12-,13+/m1/s1. The van der Waals surface area contributed by atoms with Crippen LogP contribution in [0.2, 0.25) is 0 Å². The molecule has 0 saturated carbocycles. The minimum atomic E-state index is -0.0920. The molecule has 0 spiro atoms. The average Bonchev–Trinajstić information content (AvgIpc) is 2.52. The van der Waals surface area contributed by atoms with E-state index in [0.717, 1.165) is 24.0 Å². The Kier molecular flexibility index (Phi) is 5.37. The zero-order chi connectivity index (χ0) is 17.0. The van der Waals surface area contributed by atoms with Crippen molar-refractivity contribution < 1.29 is 20.1 Å². The summed E-state index contributed by atoms with van der Waals surface area (Å²) < 4.78 is 5.15. The molecule has 0 aliphatic rings. The molecule has 2 aromatic carbocycles. The molecule has 0 aliphatic heterocycles. The Morgan fingerprint density at radius 2 is 1.30 bits per heavy atom. The minimum Gasteiger partial charge on any atom is -0.504 e. The fraction of sp³-hybridized carbons (Fsp3) is 0.368. The van der Waals surface area contributed by atoms with Crippen LogP contribution < -0.4 is 4.74 Å². The monoisotopic (exact) mass is 316 g/mol. The highest BCUT2D eigenvalue weighted by molar-refractivity contribution is 5.42. The third-order valence-electron chi connectivity index (χ3n) is 4.37. The molecule has 2 aromatic rings. The summed E-state index contributed by atoms with van der Waals surface area (Å²) in [5, 5.41) is 28.6. The molecule has 0 heterocycles. The number of phenolic OH excluding ortho intramolecular Hbond substituents is 3. The lowest BCUT2D eigenvalue weighted by Crippen LogP contribution is -2.13. The van der Waals surface area contributed by atoms with Crippen molar-refractivity contribution in [3.8, 4) is 23.0 Å². The van der Waals surface area contributed by atoms with Gasteiger partial charge in [-0.25, -0.2) is 0 Å². The van der Waals surface area contributed by atoms with Crippen molar-refractivity contribution in [3.05, 3.63) is 47.5 Å². The van der Waals surface area contributed by atoms with Crippen molar-refractivity contribution in [1.29, 1.82) is 0 Å². The largest absolute Gasteiger partial charge is 0.504 e. The van der Waals surface area contributed by atoms with Gasteiger partial charge in [-0.1, -0.05) is 26.0 Å². The first kappa shape index (κ1) is 17.0. The molecule has 0 radical (unpaired) electrons. The van der Waals surface area contributed by atoms with Crippen molar-refractivity contribution in [2.45, 2.75) is 26.7 Å². The van der Waals surface area contributed by atoms with Crippen LogP contribution >= 0.6 is 0 Å². The van der Waals surface area contributed by atoms with Gasteiger partial charge in [-0.2, -0.15) is 0 Å². The maximum absolute atomic E-state index is 9.65. The summed E-state index contributed by atoms with van der Waals surface area (Å²) in [4.78, 5) is 0. The molecule has 0 fully saturated rings. The highest BCUT2D eigenvalue weighted by Gasteiger charge is 2.15. The Morgan fingerprint density at radius 1 is 0.783 bits per heavy atom. The van der Waals surface area contributed by atoms with E-state index >= 15 is 0 Å². The molecule has 0 aromatic heterocycles. The molecule has 4 heteroatoms. The van der Waals surface area contributed by atoms with Crippen LogP contribution in [-0.4, -0.2) is 22.4 Å². The van der Waals surface area contributed by atoms with Crippen molar-refractivity contribution in [2.24, 2.45) is 11.8 Å². The van der Waals surface area contributed by atoms with Crippen LogP contribution in [0.1, 0.15) is 25.0 Å². The second-order valence-corrected chi connectivity index (χ2v) is 6.19. The third-order valence-corrected chi connectivity index (χ3v) is 4.37. The van der Waals surface area contributed by atoms with Crippen molar-refractivity contribution in [1.82, 2.24) is 0 Å². The SMILES string of the molecule is COc1cc(C[C@H](C)[C@H](C)Cc2ccc(O)c(O)c2)ccc1O. The smallest absolute Gasteiger partial charge is 0.160 e. The molecule has 124 valence electrons. The second-order valence-electron chi connectivity index (χ2n) is 6.19. The Bertz CT molecular complexity index is 666.